The molecule has 0 amide bonds. The van der Waals surface area contributed by atoms with E-state index in [-0.39, 0.29) is 0 Å². The first-order valence-corrected chi connectivity index (χ1v) is 8.40. The van der Waals surface area contributed by atoms with Gasteiger partial charge in [-0.15, -0.1) is 0 Å². The van der Waals surface area contributed by atoms with E-state index in [2.05, 4.69) is 48.4 Å². The minimum absolute atomic E-state index is 0.391. The van der Waals surface area contributed by atoms with Crippen molar-refractivity contribution in [3.63, 3.8) is 0 Å². The highest BCUT2D eigenvalue weighted by Gasteiger charge is 2.18. The maximum Gasteiger partial charge on any atom is 0.165 e. The Morgan fingerprint density at radius 2 is 2.00 bits per heavy atom. The molecule has 0 saturated carbocycles. The smallest absolute Gasteiger partial charge is 0.165 e. The van der Waals surface area contributed by atoms with Gasteiger partial charge in [0.1, 0.15) is 16.9 Å². The molecule has 1 aromatic carbocycles. The fourth-order valence-electron chi connectivity index (χ4n) is 2.79. The van der Waals surface area contributed by atoms with E-state index < -0.39 is 0 Å². The van der Waals surface area contributed by atoms with Crippen molar-refractivity contribution in [2.24, 2.45) is 0 Å². The first-order chi connectivity index (χ1) is 12.3. The molecule has 5 rings (SSSR count). The molecular formula is C16H12N8S. The van der Waals surface area contributed by atoms with Crippen LogP contribution < -0.4 is 11.1 Å². The number of benzene rings is 1. The zero-order valence-electron chi connectivity index (χ0n) is 12.9. The van der Waals surface area contributed by atoms with Gasteiger partial charge >= 0.3 is 0 Å². The van der Waals surface area contributed by atoms with Crippen LogP contribution in [0.2, 0.25) is 0 Å². The molecule has 9 heteroatoms. The molecule has 122 valence electrons. The molecule has 8 nitrogen and oxygen atoms in total. The van der Waals surface area contributed by atoms with Crippen molar-refractivity contribution in [2.75, 3.05) is 11.1 Å². The summed E-state index contributed by atoms with van der Waals surface area (Å²) < 4.78 is 1.96. The average Bonchev–Trinajstić information content (AvgIpc) is 3.04. The molecule has 0 aliphatic carbocycles. The number of hydrogen-bond acceptors (Lipinski definition) is 8. The summed E-state index contributed by atoms with van der Waals surface area (Å²) in [7, 11) is 0. The fourth-order valence-corrected chi connectivity index (χ4v) is 3.67. The molecule has 0 radical (unpaired) electrons. The summed E-state index contributed by atoms with van der Waals surface area (Å²) in [4.78, 5) is 22.4. The largest absolute Gasteiger partial charge is 0.382 e. The lowest BCUT2D eigenvalue weighted by atomic mass is 10.2. The summed E-state index contributed by atoms with van der Waals surface area (Å²) in [6, 6.07) is 6.28. The predicted octanol–water partition coefficient (Wildman–Crippen LogP) is 2.46. The van der Waals surface area contributed by atoms with Gasteiger partial charge in [-0.1, -0.05) is 17.8 Å². The van der Waals surface area contributed by atoms with E-state index in [4.69, 9.17) is 5.73 Å². The molecule has 0 fully saturated rings. The van der Waals surface area contributed by atoms with E-state index in [1.165, 1.54) is 6.33 Å². The quantitative estimate of drug-likeness (QED) is 0.501. The summed E-state index contributed by atoms with van der Waals surface area (Å²) in [5.41, 5.74) is 9.34. The number of nitrogen functional groups attached to an aromatic ring is 1. The number of nitrogens with one attached hydrogen (secondary N) is 1. The second kappa shape index (κ2) is 5.42. The number of nitrogens with two attached hydrogens (primary N) is 1. The molecule has 4 aromatic rings. The molecule has 25 heavy (non-hydrogen) atoms. The Kier molecular flexibility index (Phi) is 3.07. The minimum atomic E-state index is 0.391. The monoisotopic (exact) mass is 348 g/mol. The Hall–Kier alpha value is -3.20. The van der Waals surface area contributed by atoms with Crippen molar-refractivity contribution < 1.29 is 0 Å². The maximum absolute atomic E-state index is 5.85. The molecule has 4 heterocycles. The third-order valence-corrected chi connectivity index (χ3v) is 5.02. The molecule has 1 aliphatic rings. The number of rotatable bonds is 2. The van der Waals surface area contributed by atoms with Crippen LogP contribution in [0.3, 0.4) is 0 Å². The van der Waals surface area contributed by atoms with Crippen molar-refractivity contribution in [1.29, 1.82) is 0 Å². The highest BCUT2D eigenvalue weighted by molar-refractivity contribution is 7.99. The van der Waals surface area contributed by atoms with Crippen molar-refractivity contribution >= 4 is 40.2 Å². The van der Waals surface area contributed by atoms with Gasteiger partial charge in [0.15, 0.2) is 17.3 Å². The van der Waals surface area contributed by atoms with Crippen LogP contribution in [-0.4, -0.2) is 29.5 Å². The van der Waals surface area contributed by atoms with Crippen LogP contribution in [0.25, 0.3) is 11.2 Å². The Morgan fingerprint density at radius 1 is 1.08 bits per heavy atom. The maximum atomic E-state index is 5.85. The van der Waals surface area contributed by atoms with Crippen molar-refractivity contribution in [3.05, 3.63) is 48.8 Å². The summed E-state index contributed by atoms with van der Waals surface area (Å²) in [5.74, 6) is 1.17. The average molecular weight is 348 g/mol. The predicted molar refractivity (Wildman–Crippen MR) is 94.7 cm³/mol. The van der Waals surface area contributed by atoms with E-state index in [1.807, 2.05) is 4.57 Å². The second-order valence-corrected chi connectivity index (χ2v) is 6.60. The lowest BCUT2D eigenvalue weighted by Crippen LogP contribution is -2.05. The van der Waals surface area contributed by atoms with Gasteiger partial charge in [0, 0.05) is 17.3 Å². The summed E-state index contributed by atoms with van der Waals surface area (Å²) in [6.07, 6.45) is 6.57. The van der Waals surface area contributed by atoms with Crippen LogP contribution >= 0.6 is 11.8 Å². The Balaban J connectivity index is 1.49. The number of fused-ring (bicyclic) bond motifs is 3. The van der Waals surface area contributed by atoms with Crippen LogP contribution in [0.1, 0.15) is 5.56 Å². The van der Waals surface area contributed by atoms with E-state index in [0.717, 1.165) is 32.6 Å². The second-order valence-electron chi connectivity index (χ2n) is 5.57. The first kappa shape index (κ1) is 14.2. The standard InChI is InChI=1S/C16H12N8S/c17-13-12-15(21-7-20-13)24(8-22-12)6-9-1-2-11-10(5-9)23-14-16(25-11)19-4-3-18-14/h1-5,7-8H,6H2,(H,18,23)(H2,17,20,21). The Bertz CT molecular complexity index is 1110. The minimum Gasteiger partial charge on any atom is -0.382 e. The van der Waals surface area contributed by atoms with Gasteiger partial charge < -0.3 is 15.6 Å². The lowest BCUT2D eigenvalue weighted by molar-refractivity contribution is 0.812. The highest BCUT2D eigenvalue weighted by atomic mass is 32.2. The fraction of sp³-hybridized carbons (Fsp3) is 0.0625. The molecule has 3 N–H and O–H groups in total. The van der Waals surface area contributed by atoms with Gasteiger partial charge in [0.25, 0.3) is 0 Å². The third-order valence-electron chi connectivity index (χ3n) is 3.95. The van der Waals surface area contributed by atoms with Gasteiger partial charge in [-0.25, -0.2) is 24.9 Å². The molecule has 3 aromatic heterocycles. The normalized spacial score (nSPS) is 12.5. The van der Waals surface area contributed by atoms with Gasteiger partial charge in [-0.3, -0.25) is 0 Å². The number of anilines is 3. The summed E-state index contributed by atoms with van der Waals surface area (Å²) in [6.45, 7) is 0.639. The summed E-state index contributed by atoms with van der Waals surface area (Å²) >= 11 is 1.61. The van der Waals surface area contributed by atoms with E-state index >= 15 is 0 Å². The number of nitrogens with zero attached hydrogens (tertiary/aromatic N) is 6. The highest BCUT2D eigenvalue weighted by Crippen LogP contribution is 2.42. The SMILES string of the molecule is Nc1ncnc2c1ncn2Cc1ccc2c(c1)Nc1nccnc1S2. The van der Waals surface area contributed by atoms with Gasteiger partial charge in [0.05, 0.1) is 18.6 Å². The summed E-state index contributed by atoms with van der Waals surface area (Å²) in [5, 5.41) is 4.23. The molecule has 0 saturated heterocycles. The number of imidazole rings is 1. The van der Waals surface area contributed by atoms with E-state index in [1.54, 1.807) is 30.5 Å². The topological polar surface area (TPSA) is 107 Å². The zero-order chi connectivity index (χ0) is 16.8. The van der Waals surface area contributed by atoms with Crippen LogP contribution in [0, 0.1) is 0 Å². The molecule has 0 bridgehead atoms. The van der Waals surface area contributed by atoms with Crippen LogP contribution in [0.5, 0.6) is 0 Å². The Labute approximate surface area is 146 Å². The number of aromatic nitrogens is 6. The van der Waals surface area contributed by atoms with Gasteiger partial charge in [-0.2, -0.15) is 0 Å². The van der Waals surface area contributed by atoms with Crippen molar-refractivity contribution in [2.45, 2.75) is 16.5 Å². The lowest BCUT2D eigenvalue weighted by Gasteiger charge is -2.19. The van der Waals surface area contributed by atoms with Crippen LogP contribution in [0.4, 0.5) is 17.3 Å². The van der Waals surface area contributed by atoms with Gasteiger partial charge in [-0.05, 0) is 17.7 Å². The van der Waals surface area contributed by atoms with Crippen molar-refractivity contribution in [3.8, 4) is 0 Å². The molecule has 0 unspecified atom stereocenters. The van der Waals surface area contributed by atoms with Crippen LogP contribution in [-0.2, 0) is 6.54 Å². The van der Waals surface area contributed by atoms with Crippen LogP contribution in [0.15, 0.2) is 53.2 Å². The van der Waals surface area contributed by atoms with Gasteiger partial charge in [0.2, 0.25) is 0 Å². The van der Waals surface area contributed by atoms with E-state index in [0.29, 0.717) is 17.9 Å². The molecule has 0 atom stereocenters. The number of hydrogen-bond donors (Lipinski definition) is 2. The molecule has 1 aliphatic heterocycles. The van der Waals surface area contributed by atoms with E-state index in [9.17, 15) is 0 Å². The molecule has 0 spiro atoms. The Morgan fingerprint density at radius 3 is 2.96 bits per heavy atom. The molecular weight excluding hydrogens is 336 g/mol. The first-order valence-electron chi connectivity index (χ1n) is 7.58. The zero-order valence-corrected chi connectivity index (χ0v) is 13.7. The van der Waals surface area contributed by atoms with Crippen molar-refractivity contribution in [1.82, 2.24) is 29.5 Å². The third kappa shape index (κ3) is 2.36.